The normalized spacial score (nSPS) is 27.5. The summed E-state index contributed by atoms with van der Waals surface area (Å²) in [6.07, 6.45) is 1.07. The molecule has 54 heavy (non-hydrogen) atoms. The number of sulfonamides is 1. The second-order valence-electron chi connectivity index (χ2n) is 14.5. The first-order chi connectivity index (χ1) is 25.5. The maximum atomic E-state index is 14.5. The summed E-state index contributed by atoms with van der Waals surface area (Å²) < 4.78 is 26.4. The fourth-order valence-corrected chi connectivity index (χ4v) is 8.17. The summed E-state index contributed by atoms with van der Waals surface area (Å²) in [4.78, 5) is 83.7. The minimum absolute atomic E-state index is 0.0168. The molecule has 16 nitrogen and oxygen atoms in total. The molecular formula is C37H49N7O9S. The minimum Gasteiger partial charge on any atom is -0.391 e. The summed E-state index contributed by atoms with van der Waals surface area (Å²) >= 11 is 0. The lowest BCUT2D eigenvalue weighted by Gasteiger charge is -2.32. The van der Waals surface area contributed by atoms with Crippen molar-refractivity contribution in [2.24, 2.45) is 5.92 Å². The monoisotopic (exact) mass is 767 g/mol. The maximum Gasteiger partial charge on any atom is 0.246 e. The van der Waals surface area contributed by atoms with E-state index in [1.165, 1.54) is 18.7 Å². The van der Waals surface area contributed by atoms with Crippen LogP contribution in [-0.4, -0.2) is 116 Å². The predicted molar refractivity (Wildman–Crippen MR) is 198 cm³/mol. The van der Waals surface area contributed by atoms with Gasteiger partial charge in [0, 0.05) is 25.0 Å². The highest BCUT2D eigenvalue weighted by Gasteiger charge is 2.45. The van der Waals surface area contributed by atoms with Gasteiger partial charge >= 0.3 is 0 Å². The van der Waals surface area contributed by atoms with E-state index in [-0.39, 0.29) is 19.4 Å². The van der Waals surface area contributed by atoms with Gasteiger partial charge in [-0.15, -0.1) is 0 Å². The fraction of sp³-hybridized carbons (Fsp3) is 0.514. The van der Waals surface area contributed by atoms with Gasteiger partial charge in [-0.05, 0) is 63.3 Å². The highest BCUT2D eigenvalue weighted by molar-refractivity contribution is 7.92. The number of fused-ring (bicyclic) bond motifs is 2. The van der Waals surface area contributed by atoms with Crippen LogP contribution in [0.25, 0.3) is 0 Å². The number of nitrogens with zero attached hydrogens (tertiary/aromatic N) is 2. The number of aryl methyl sites for hydroxylation is 1. The van der Waals surface area contributed by atoms with Gasteiger partial charge in [-0.25, -0.2) is 8.42 Å². The molecule has 2 saturated heterocycles. The van der Waals surface area contributed by atoms with Gasteiger partial charge in [-0.2, -0.15) is 0 Å². The van der Waals surface area contributed by atoms with E-state index >= 15 is 0 Å². The Morgan fingerprint density at radius 3 is 2.33 bits per heavy atom. The number of aliphatic hydroxyl groups excluding tert-OH is 1. The number of aliphatic hydroxyl groups is 1. The fourth-order valence-electron chi connectivity index (χ4n) is 7.33. The molecule has 0 unspecified atom stereocenters. The van der Waals surface area contributed by atoms with E-state index in [4.69, 9.17) is 0 Å². The van der Waals surface area contributed by atoms with Gasteiger partial charge in [0.25, 0.3) is 0 Å². The average Bonchev–Trinajstić information content (AvgIpc) is 3.75. The predicted octanol–water partition coefficient (Wildman–Crippen LogP) is -0.757. The highest BCUT2D eigenvalue weighted by atomic mass is 32.2. The van der Waals surface area contributed by atoms with Crippen LogP contribution in [0.15, 0.2) is 54.6 Å². The molecule has 8 atom stereocenters. The Labute approximate surface area is 314 Å². The van der Waals surface area contributed by atoms with Crippen molar-refractivity contribution >= 4 is 51.2 Å². The molecule has 0 aromatic heterocycles. The number of amides is 6. The Kier molecular flexibility index (Phi) is 12.6. The number of anilines is 1. The molecule has 3 fully saturated rings. The lowest BCUT2D eigenvalue weighted by molar-refractivity contribution is -0.143. The van der Waals surface area contributed by atoms with Crippen LogP contribution in [0.2, 0.25) is 0 Å². The van der Waals surface area contributed by atoms with E-state index in [0.717, 1.165) is 16.1 Å². The van der Waals surface area contributed by atoms with E-state index < -0.39 is 100 Å². The van der Waals surface area contributed by atoms with Crippen molar-refractivity contribution in [2.75, 3.05) is 23.7 Å². The Morgan fingerprint density at radius 1 is 0.944 bits per heavy atom. The summed E-state index contributed by atoms with van der Waals surface area (Å²) in [6.45, 7) is 3.85. The Hall–Kier alpha value is -5.03. The SMILES string of the molecule is Cc1cccc(N(CC(=O)N[C@@H]2C[C@H]3C(=O)N[C@@H](C)C(=O)N[C@@H]4CCC[C@H]4C(=O)N[C@@H]([C@@H](C)O)C(=O)N[C@@H](Cc4ccccc4)C(=O)N3C2)S(C)(=O)=O)c1. The Balaban J connectivity index is 1.46. The molecule has 292 valence electrons. The lowest BCUT2D eigenvalue weighted by Crippen LogP contribution is -2.61. The molecule has 2 aromatic carbocycles. The second kappa shape index (κ2) is 17.0. The van der Waals surface area contributed by atoms with Gasteiger partial charge < -0.3 is 36.6 Å². The van der Waals surface area contributed by atoms with Crippen LogP contribution in [0.4, 0.5) is 5.69 Å². The zero-order valence-electron chi connectivity index (χ0n) is 30.8. The molecule has 0 spiro atoms. The van der Waals surface area contributed by atoms with Crippen molar-refractivity contribution in [3.63, 3.8) is 0 Å². The molecule has 0 radical (unpaired) electrons. The third-order valence-electron chi connectivity index (χ3n) is 10.1. The summed E-state index contributed by atoms with van der Waals surface area (Å²) in [5.74, 6) is -4.65. The molecule has 2 heterocycles. The van der Waals surface area contributed by atoms with E-state index in [1.54, 1.807) is 61.5 Å². The largest absolute Gasteiger partial charge is 0.391 e. The van der Waals surface area contributed by atoms with Crippen molar-refractivity contribution in [2.45, 2.75) is 95.2 Å². The molecule has 3 aliphatic rings. The van der Waals surface area contributed by atoms with E-state index in [2.05, 4.69) is 26.6 Å². The summed E-state index contributed by atoms with van der Waals surface area (Å²) in [5, 5.41) is 24.3. The zero-order chi connectivity index (χ0) is 39.3. The highest BCUT2D eigenvalue weighted by Crippen LogP contribution is 2.27. The molecule has 1 aliphatic carbocycles. The molecule has 17 heteroatoms. The molecule has 6 amide bonds. The van der Waals surface area contributed by atoms with Crippen molar-refractivity contribution in [1.82, 2.24) is 31.5 Å². The van der Waals surface area contributed by atoms with Crippen LogP contribution in [0.3, 0.4) is 0 Å². The van der Waals surface area contributed by atoms with Crippen LogP contribution < -0.4 is 30.9 Å². The molecular weight excluding hydrogens is 719 g/mol. The van der Waals surface area contributed by atoms with Crippen LogP contribution in [0.5, 0.6) is 0 Å². The van der Waals surface area contributed by atoms with Crippen LogP contribution >= 0.6 is 0 Å². The number of hydrogen-bond donors (Lipinski definition) is 6. The van der Waals surface area contributed by atoms with Crippen LogP contribution in [-0.2, 0) is 45.2 Å². The van der Waals surface area contributed by atoms with Crippen molar-refractivity contribution < 1.29 is 42.3 Å². The first kappa shape index (κ1) is 40.2. The smallest absolute Gasteiger partial charge is 0.246 e. The third kappa shape index (κ3) is 9.74. The van der Waals surface area contributed by atoms with E-state index in [1.807, 2.05) is 0 Å². The average molecular weight is 768 g/mol. The lowest BCUT2D eigenvalue weighted by atomic mass is 10.00. The molecule has 6 N–H and O–H groups in total. The molecule has 0 bridgehead atoms. The Bertz CT molecular complexity index is 1860. The van der Waals surface area contributed by atoms with Gasteiger partial charge in [0.2, 0.25) is 45.5 Å². The quantitative estimate of drug-likeness (QED) is 0.199. The standard InChI is InChI=1S/C37H49N7O9S/c1-21-10-8-13-26(16-21)44(54(4,52)53)20-31(46)39-25-18-30-35(49)38-22(2)33(47)40-28-15-9-14-27(28)34(48)42-32(23(3)45)36(50)41-29(37(51)43(30)19-25)17-24-11-6-5-7-12-24/h5-8,10-13,16,22-23,25,27-30,32,45H,9,14-15,17-20H2,1-4H3,(H,38,49)(H,39,46)(H,40,47)(H,41,50)(H,42,48)/t22-,23+,25+,27+,28+,29-,30-,32-/m0/s1. The van der Waals surface area contributed by atoms with E-state index in [0.29, 0.717) is 30.5 Å². The maximum absolute atomic E-state index is 14.5. The number of benzene rings is 2. The number of carbonyl (C=O) groups excluding carboxylic acids is 6. The van der Waals surface area contributed by atoms with Crippen molar-refractivity contribution in [3.05, 3.63) is 65.7 Å². The number of carbonyl (C=O) groups is 6. The first-order valence-electron chi connectivity index (χ1n) is 18.1. The van der Waals surface area contributed by atoms with E-state index in [9.17, 15) is 42.3 Å². The zero-order valence-corrected chi connectivity index (χ0v) is 31.6. The molecule has 2 aromatic rings. The summed E-state index contributed by atoms with van der Waals surface area (Å²) in [5.41, 5.74) is 1.75. The molecule has 2 aliphatic heterocycles. The summed E-state index contributed by atoms with van der Waals surface area (Å²) in [6, 6.07) is 9.08. The van der Waals surface area contributed by atoms with Crippen molar-refractivity contribution in [1.29, 1.82) is 0 Å². The van der Waals surface area contributed by atoms with Gasteiger partial charge in [-0.3, -0.25) is 33.1 Å². The van der Waals surface area contributed by atoms with Crippen LogP contribution in [0, 0.1) is 12.8 Å². The number of rotatable bonds is 8. The second-order valence-corrected chi connectivity index (χ2v) is 16.4. The Morgan fingerprint density at radius 2 is 1.67 bits per heavy atom. The van der Waals surface area contributed by atoms with Gasteiger partial charge in [0.15, 0.2) is 0 Å². The van der Waals surface area contributed by atoms with Crippen molar-refractivity contribution in [3.8, 4) is 0 Å². The van der Waals surface area contributed by atoms with Gasteiger partial charge in [0.1, 0.15) is 30.7 Å². The summed E-state index contributed by atoms with van der Waals surface area (Å²) in [7, 11) is -3.89. The topological polar surface area (TPSA) is 223 Å². The number of nitrogens with one attached hydrogen (secondary N) is 5. The molecule has 5 rings (SSSR count). The first-order valence-corrected chi connectivity index (χ1v) is 19.9. The third-order valence-corrected chi connectivity index (χ3v) is 11.3. The minimum atomic E-state index is -3.89. The molecule has 1 saturated carbocycles. The van der Waals surface area contributed by atoms with Gasteiger partial charge in [0.05, 0.1) is 24.0 Å². The number of hydrogen-bond acceptors (Lipinski definition) is 9. The van der Waals surface area contributed by atoms with Crippen LogP contribution in [0.1, 0.15) is 50.7 Å². The van der Waals surface area contributed by atoms with Gasteiger partial charge in [-0.1, -0.05) is 48.9 Å².